The number of nitrogens with one attached hydrogen (secondary N) is 2. The summed E-state index contributed by atoms with van der Waals surface area (Å²) in [5, 5.41) is 14.1. The fraction of sp³-hybridized carbons (Fsp3) is 0. The fourth-order valence-electron chi connectivity index (χ4n) is 3.21. The zero-order chi connectivity index (χ0) is 25.0. The van der Waals surface area contributed by atoms with Gasteiger partial charge in [-0.15, -0.1) is 0 Å². The molecule has 1 aromatic heterocycles. The van der Waals surface area contributed by atoms with Crippen molar-refractivity contribution in [3.63, 3.8) is 0 Å². The third kappa shape index (κ3) is 5.23. The van der Waals surface area contributed by atoms with Crippen LogP contribution in [0.5, 0.6) is 0 Å². The summed E-state index contributed by atoms with van der Waals surface area (Å²) in [6, 6.07) is 17.0. The van der Waals surface area contributed by atoms with Gasteiger partial charge in [0.1, 0.15) is 5.69 Å². The Morgan fingerprint density at radius 2 is 1.66 bits per heavy atom. The van der Waals surface area contributed by atoms with E-state index in [1.165, 1.54) is 84.0 Å². The molecule has 0 saturated heterocycles. The van der Waals surface area contributed by atoms with Crippen molar-refractivity contribution in [2.45, 2.75) is 4.90 Å². The molecule has 0 aliphatic carbocycles. The quantitative estimate of drug-likeness (QED) is 0.297. The molecule has 1 heterocycles. The van der Waals surface area contributed by atoms with Crippen molar-refractivity contribution < 1.29 is 22.9 Å². The summed E-state index contributed by atoms with van der Waals surface area (Å²) in [6.07, 6.45) is 4.41. The topological polar surface area (TPSA) is 153 Å². The second-order valence-electron chi connectivity index (χ2n) is 7.21. The van der Waals surface area contributed by atoms with Gasteiger partial charge in [0.2, 0.25) is 0 Å². The van der Waals surface area contributed by atoms with Gasteiger partial charge in [0.25, 0.3) is 27.5 Å². The molecule has 0 radical (unpaired) electrons. The zero-order valence-electron chi connectivity index (χ0n) is 17.9. The Labute approximate surface area is 199 Å². The van der Waals surface area contributed by atoms with E-state index in [-0.39, 0.29) is 33.1 Å². The summed E-state index contributed by atoms with van der Waals surface area (Å²) in [4.78, 5) is 40.0. The van der Waals surface area contributed by atoms with Gasteiger partial charge < -0.3 is 9.88 Å². The van der Waals surface area contributed by atoms with Crippen LogP contribution < -0.4 is 10.0 Å². The van der Waals surface area contributed by atoms with Crippen molar-refractivity contribution in [3.8, 4) is 5.69 Å². The predicted octanol–water partition coefficient (Wildman–Crippen LogP) is 3.15. The number of amides is 2. The average Bonchev–Trinajstić information content (AvgIpc) is 3.39. The normalized spacial score (nSPS) is 11.0. The third-order valence-corrected chi connectivity index (χ3v) is 6.23. The monoisotopic (exact) mass is 491 g/mol. The number of nitro groups is 1. The standard InChI is InChI=1S/C23H17N5O6S/c29-22(17-9-10-20(21(14-17)28(31)32)27-12-11-24-15-27)25-18-6-4-5-16(13-18)23(30)26-35(33,34)19-7-2-1-3-8-19/h1-15H,(H,25,29)(H,26,30). The molecule has 4 rings (SSSR count). The van der Waals surface area contributed by atoms with E-state index in [9.17, 15) is 28.1 Å². The van der Waals surface area contributed by atoms with Gasteiger partial charge >= 0.3 is 0 Å². The van der Waals surface area contributed by atoms with Crippen LogP contribution in [0.15, 0.2) is 96.4 Å². The van der Waals surface area contributed by atoms with Crippen LogP contribution in [0.1, 0.15) is 20.7 Å². The van der Waals surface area contributed by atoms with E-state index in [1.807, 2.05) is 4.72 Å². The average molecular weight is 491 g/mol. The van der Waals surface area contributed by atoms with Crippen LogP contribution in [0, 0.1) is 10.1 Å². The maximum atomic E-state index is 12.7. The van der Waals surface area contributed by atoms with Crippen LogP contribution in [0.2, 0.25) is 0 Å². The van der Waals surface area contributed by atoms with Crippen LogP contribution in [0.25, 0.3) is 5.69 Å². The minimum Gasteiger partial charge on any atom is -0.322 e. The van der Waals surface area contributed by atoms with Gasteiger partial charge in [-0.25, -0.2) is 18.1 Å². The fourth-order valence-corrected chi connectivity index (χ4v) is 4.21. The molecule has 0 aliphatic rings. The number of nitrogens with zero attached hydrogens (tertiary/aromatic N) is 3. The zero-order valence-corrected chi connectivity index (χ0v) is 18.7. The Morgan fingerprint density at radius 1 is 0.914 bits per heavy atom. The Hall–Kier alpha value is -4.84. The van der Waals surface area contributed by atoms with E-state index in [0.29, 0.717) is 0 Å². The number of imidazole rings is 1. The maximum Gasteiger partial charge on any atom is 0.294 e. The molecule has 2 N–H and O–H groups in total. The number of anilines is 1. The van der Waals surface area contributed by atoms with Crippen molar-refractivity contribution in [2.75, 3.05) is 5.32 Å². The first-order valence-corrected chi connectivity index (χ1v) is 11.5. The highest BCUT2D eigenvalue weighted by Crippen LogP contribution is 2.25. The Bertz CT molecular complexity index is 1520. The molecule has 176 valence electrons. The highest BCUT2D eigenvalue weighted by Gasteiger charge is 2.20. The Kier molecular flexibility index (Phi) is 6.38. The lowest BCUT2D eigenvalue weighted by atomic mass is 10.1. The van der Waals surface area contributed by atoms with Crippen molar-refractivity contribution in [1.29, 1.82) is 0 Å². The first kappa shape index (κ1) is 23.3. The minimum absolute atomic E-state index is 0.0104. The number of rotatable bonds is 7. The number of carbonyl (C=O) groups is 2. The summed E-state index contributed by atoms with van der Waals surface area (Å²) in [6.45, 7) is 0. The molecule has 12 heteroatoms. The van der Waals surface area contributed by atoms with E-state index in [0.717, 1.165) is 6.07 Å². The summed E-state index contributed by atoms with van der Waals surface area (Å²) in [5.74, 6) is -1.54. The first-order valence-electron chi connectivity index (χ1n) is 10.0. The molecule has 0 saturated carbocycles. The van der Waals surface area contributed by atoms with Gasteiger partial charge in [-0.2, -0.15) is 0 Å². The van der Waals surface area contributed by atoms with Crippen molar-refractivity contribution in [3.05, 3.63) is 113 Å². The first-order chi connectivity index (χ1) is 16.7. The van der Waals surface area contributed by atoms with Gasteiger partial charge in [0.05, 0.1) is 16.1 Å². The lowest BCUT2D eigenvalue weighted by molar-refractivity contribution is -0.384. The molecule has 0 fully saturated rings. The van der Waals surface area contributed by atoms with Crippen molar-refractivity contribution >= 4 is 33.2 Å². The van der Waals surface area contributed by atoms with Crippen LogP contribution >= 0.6 is 0 Å². The SMILES string of the molecule is O=C(Nc1cccc(C(=O)NS(=O)(=O)c2ccccc2)c1)c1ccc(-n2ccnc2)c([N+](=O)[O-])c1. The summed E-state index contributed by atoms with van der Waals surface area (Å²) >= 11 is 0. The number of hydrogen-bond donors (Lipinski definition) is 2. The van der Waals surface area contributed by atoms with Gasteiger partial charge in [-0.05, 0) is 42.5 Å². The van der Waals surface area contributed by atoms with E-state index in [1.54, 1.807) is 6.07 Å². The van der Waals surface area contributed by atoms with Crippen LogP contribution in [-0.4, -0.2) is 34.7 Å². The Balaban J connectivity index is 1.53. The molecule has 0 unspecified atom stereocenters. The molecule has 2 amide bonds. The highest BCUT2D eigenvalue weighted by atomic mass is 32.2. The molecule has 11 nitrogen and oxygen atoms in total. The van der Waals surface area contributed by atoms with Crippen LogP contribution in [0.4, 0.5) is 11.4 Å². The van der Waals surface area contributed by atoms with Crippen LogP contribution in [0.3, 0.4) is 0 Å². The number of hydrogen-bond acceptors (Lipinski definition) is 7. The molecule has 0 aliphatic heterocycles. The number of benzene rings is 3. The maximum absolute atomic E-state index is 12.7. The summed E-state index contributed by atoms with van der Waals surface area (Å²) < 4.78 is 28.2. The molecule has 35 heavy (non-hydrogen) atoms. The highest BCUT2D eigenvalue weighted by molar-refractivity contribution is 7.90. The smallest absolute Gasteiger partial charge is 0.294 e. The molecule has 4 aromatic rings. The lowest BCUT2D eigenvalue weighted by Gasteiger charge is -2.10. The molecule has 0 spiro atoms. The predicted molar refractivity (Wildman–Crippen MR) is 126 cm³/mol. The number of carbonyl (C=O) groups excluding carboxylic acids is 2. The van der Waals surface area contributed by atoms with E-state index >= 15 is 0 Å². The molecule has 3 aromatic carbocycles. The van der Waals surface area contributed by atoms with Crippen molar-refractivity contribution in [2.24, 2.45) is 0 Å². The molecular formula is C23H17N5O6S. The van der Waals surface area contributed by atoms with Gasteiger partial charge in [0.15, 0.2) is 0 Å². The van der Waals surface area contributed by atoms with Gasteiger partial charge in [0, 0.05) is 35.3 Å². The molecule has 0 atom stereocenters. The van der Waals surface area contributed by atoms with Gasteiger partial charge in [-0.1, -0.05) is 24.3 Å². The second kappa shape index (κ2) is 9.57. The van der Waals surface area contributed by atoms with Crippen LogP contribution in [-0.2, 0) is 10.0 Å². The van der Waals surface area contributed by atoms with E-state index in [4.69, 9.17) is 0 Å². The largest absolute Gasteiger partial charge is 0.322 e. The summed E-state index contributed by atoms with van der Waals surface area (Å²) in [5.41, 5.74) is 0.143. The molecular weight excluding hydrogens is 474 g/mol. The van der Waals surface area contributed by atoms with E-state index in [2.05, 4.69) is 10.3 Å². The molecule has 0 bridgehead atoms. The van der Waals surface area contributed by atoms with E-state index < -0.39 is 26.8 Å². The second-order valence-corrected chi connectivity index (χ2v) is 8.90. The Morgan fingerprint density at radius 3 is 2.34 bits per heavy atom. The number of sulfonamides is 1. The number of aromatic nitrogens is 2. The lowest BCUT2D eigenvalue weighted by Crippen LogP contribution is -2.30. The third-order valence-electron chi connectivity index (χ3n) is 4.88. The minimum atomic E-state index is -4.08. The van der Waals surface area contributed by atoms with Gasteiger partial charge in [-0.3, -0.25) is 19.7 Å². The number of nitro benzene ring substituents is 1. The summed E-state index contributed by atoms with van der Waals surface area (Å²) in [7, 11) is -4.08. The van der Waals surface area contributed by atoms with Crippen molar-refractivity contribution in [1.82, 2.24) is 14.3 Å².